The van der Waals surface area contributed by atoms with E-state index in [0.29, 0.717) is 24.2 Å². The number of amides is 2. The normalized spacial score (nSPS) is 23.8. The van der Waals surface area contributed by atoms with E-state index in [2.05, 4.69) is 0 Å². The molecule has 3 aliphatic heterocycles. The Morgan fingerprint density at radius 2 is 1.76 bits per heavy atom. The molecule has 2 atom stereocenters. The average Bonchev–Trinajstić information content (AvgIpc) is 3.31. The molecule has 3 heterocycles. The van der Waals surface area contributed by atoms with Crippen molar-refractivity contribution in [2.45, 2.75) is 43.6 Å². The molecule has 0 unspecified atom stereocenters. The number of hydrogen-bond donors (Lipinski definition) is 0. The quantitative estimate of drug-likeness (QED) is 0.699. The lowest BCUT2D eigenvalue weighted by Gasteiger charge is -2.37. The molecule has 174 valence electrons. The van der Waals surface area contributed by atoms with Crippen molar-refractivity contribution in [1.29, 1.82) is 0 Å². The highest BCUT2D eigenvalue weighted by Gasteiger charge is 2.58. The standard InChI is InChI=1S/C24H23F3N2O4/c1-32-17-2-3-19(27)18(13-17)22(30)28-8-6-24(7-9-28)23(31)29-20(4-5-21(29)33-24)14-10-15(25)12-16(26)11-14/h2-3,10-13,20-21H,4-9H2,1H3/t20-,21+/m0/s1. The first-order valence-corrected chi connectivity index (χ1v) is 10.9. The maximum absolute atomic E-state index is 14.2. The number of ether oxygens (including phenoxy) is 2. The monoisotopic (exact) mass is 460 g/mol. The van der Waals surface area contributed by atoms with E-state index in [4.69, 9.17) is 9.47 Å². The van der Waals surface area contributed by atoms with Gasteiger partial charge in [-0.25, -0.2) is 13.2 Å². The van der Waals surface area contributed by atoms with Crippen LogP contribution >= 0.6 is 0 Å². The molecule has 0 saturated carbocycles. The number of benzene rings is 2. The number of rotatable bonds is 3. The van der Waals surface area contributed by atoms with Gasteiger partial charge in [-0.3, -0.25) is 9.59 Å². The first kappa shape index (κ1) is 21.8. The lowest BCUT2D eigenvalue weighted by atomic mass is 9.89. The van der Waals surface area contributed by atoms with Gasteiger partial charge in [0.1, 0.15) is 29.4 Å². The summed E-state index contributed by atoms with van der Waals surface area (Å²) in [6, 6.07) is 6.82. The summed E-state index contributed by atoms with van der Waals surface area (Å²) in [5, 5.41) is 0. The number of carbonyl (C=O) groups is 2. The predicted molar refractivity (Wildman–Crippen MR) is 111 cm³/mol. The van der Waals surface area contributed by atoms with Crippen LogP contribution in [0.2, 0.25) is 0 Å². The molecule has 3 aliphatic rings. The number of fused-ring (bicyclic) bond motifs is 1. The molecular weight excluding hydrogens is 437 g/mol. The van der Waals surface area contributed by atoms with Crippen molar-refractivity contribution in [3.05, 3.63) is 65.0 Å². The number of nitrogens with zero attached hydrogens (tertiary/aromatic N) is 2. The molecule has 0 radical (unpaired) electrons. The zero-order valence-electron chi connectivity index (χ0n) is 18.0. The third-order valence-corrected chi connectivity index (χ3v) is 6.85. The molecule has 2 aromatic rings. The van der Waals surface area contributed by atoms with Crippen molar-refractivity contribution in [3.63, 3.8) is 0 Å². The summed E-state index contributed by atoms with van der Waals surface area (Å²) < 4.78 is 53.0. The van der Waals surface area contributed by atoms with Crippen LogP contribution in [0, 0.1) is 17.5 Å². The van der Waals surface area contributed by atoms with E-state index in [1.165, 1.54) is 42.3 Å². The predicted octanol–water partition coefficient (Wildman–Crippen LogP) is 3.81. The second kappa shape index (κ2) is 8.06. The van der Waals surface area contributed by atoms with E-state index in [9.17, 15) is 22.8 Å². The Kier molecular flexibility index (Phi) is 5.31. The Labute approximate surface area is 188 Å². The second-order valence-corrected chi connectivity index (χ2v) is 8.71. The molecule has 33 heavy (non-hydrogen) atoms. The lowest BCUT2D eigenvalue weighted by molar-refractivity contribution is -0.142. The summed E-state index contributed by atoms with van der Waals surface area (Å²) in [6.07, 6.45) is 1.18. The maximum Gasteiger partial charge on any atom is 0.257 e. The highest BCUT2D eigenvalue weighted by Crippen LogP contribution is 2.47. The Balaban J connectivity index is 1.32. The number of methoxy groups -OCH3 is 1. The van der Waals surface area contributed by atoms with E-state index in [0.717, 1.165) is 6.07 Å². The first-order chi connectivity index (χ1) is 15.8. The van der Waals surface area contributed by atoms with Crippen LogP contribution in [0.4, 0.5) is 13.2 Å². The van der Waals surface area contributed by atoms with Crippen molar-refractivity contribution < 1.29 is 32.2 Å². The highest BCUT2D eigenvalue weighted by molar-refractivity contribution is 5.95. The van der Waals surface area contributed by atoms with Crippen molar-refractivity contribution in [2.24, 2.45) is 0 Å². The molecular formula is C24H23F3N2O4. The summed E-state index contributed by atoms with van der Waals surface area (Å²) in [4.78, 5) is 29.4. The molecule has 1 spiro atoms. The number of likely N-dealkylation sites (tertiary alicyclic amines) is 1. The van der Waals surface area contributed by atoms with Gasteiger partial charge < -0.3 is 19.3 Å². The van der Waals surface area contributed by atoms with Gasteiger partial charge in [-0.2, -0.15) is 0 Å². The van der Waals surface area contributed by atoms with Crippen LogP contribution in [0.1, 0.15) is 47.6 Å². The van der Waals surface area contributed by atoms with Crippen molar-refractivity contribution >= 4 is 11.8 Å². The minimum Gasteiger partial charge on any atom is -0.497 e. The fourth-order valence-electron chi connectivity index (χ4n) is 5.18. The smallest absolute Gasteiger partial charge is 0.257 e. The number of carbonyl (C=O) groups excluding carboxylic acids is 2. The molecule has 3 saturated heterocycles. The topological polar surface area (TPSA) is 59.1 Å². The van der Waals surface area contributed by atoms with E-state index < -0.39 is 41.2 Å². The fourth-order valence-corrected chi connectivity index (χ4v) is 5.18. The highest BCUT2D eigenvalue weighted by atomic mass is 19.1. The lowest BCUT2D eigenvalue weighted by Crippen LogP contribution is -2.51. The van der Waals surface area contributed by atoms with Crippen LogP contribution < -0.4 is 4.74 Å². The van der Waals surface area contributed by atoms with Crippen molar-refractivity contribution in [3.8, 4) is 5.75 Å². The van der Waals surface area contributed by atoms with E-state index in [-0.39, 0.29) is 37.4 Å². The van der Waals surface area contributed by atoms with E-state index in [1.54, 1.807) is 4.90 Å². The summed E-state index contributed by atoms with van der Waals surface area (Å²) >= 11 is 0. The molecule has 0 aliphatic carbocycles. The molecule has 0 aromatic heterocycles. The average molecular weight is 460 g/mol. The third-order valence-electron chi connectivity index (χ3n) is 6.85. The Morgan fingerprint density at radius 3 is 2.42 bits per heavy atom. The minimum absolute atomic E-state index is 0.0854. The minimum atomic E-state index is -1.08. The van der Waals surface area contributed by atoms with Gasteiger partial charge in [-0.05, 0) is 48.7 Å². The first-order valence-electron chi connectivity index (χ1n) is 10.9. The fraction of sp³-hybridized carbons (Fsp3) is 0.417. The van der Waals surface area contributed by atoms with Crippen LogP contribution in [0.5, 0.6) is 5.75 Å². The molecule has 5 rings (SSSR count). The molecule has 0 bridgehead atoms. The van der Waals surface area contributed by atoms with Crippen LogP contribution in [0.25, 0.3) is 0 Å². The van der Waals surface area contributed by atoms with Gasteiger partial charge in [0.25, 0.3) is 11.8 Å². The van der Waals surface area contributed by atoms with Gasteiger partial charge in [0.05, 0.1) is 18.7 Å². The summed E-state index contributed by atoms with van der Waals surface area (Å²) in [5.41, 5.74) is -0.762. The zero-order chi connectivity index (χ0) is 23.3. The van der Waals surface area contributed by atoms with Crippen LogP contribution in [-0.4, -0.2) is 53.6 Å². The zero-order valence-corrected chi connectivity index (χ0v) is 18.0. The summed E-state index contributed by atoms with van der Waals surface area (Å²) in [7, 11) is 1.44. The Morgan fingerprint density at radius 1 is 1.06 bits per heavy atom. The van der Waals surface area contributed by atoms with Gasteiger partial charge in [0.15, 0.2) is 5.60 Å². The van der Waals surface area contributed by atoms with Gasteiger partial charge in [0.2, 0.25) is 0 Å². The molecule has 6 nitrogen and oxygen atoms in total. The van der Waals surface area contributed by atoms with Crippen LogP contribution in [0.15, 0.2) is 36.4 Å². The Hall–Kier alpha value is -3.07. The largest absolute Gasteiger partial charge is 0.497 e. The number of hydrogen-bond acceptors (Lipinski definition) is 4. The van der Waals surface area contributed by atoms with E-state index >= 15 is 0 Å². The van der Waals surface area contributed by atoms with Gasteiger partial charge in [0, 0.05) is 32.0 Å². The Bertz CT molecular complexity index is 1100. The summed E-state index contributed by atoms with van der Waals surface area (Å²) in [6.45, 7) is 0.447. The molecule has 9 heteroatoms. The molecule has 3 fully saturated rings. The number of halogens is 3. The van der Waals surface area contributed by atoms with Gasteiger partial charge in [-0.15, -0.1) is 0 Å². The van der Waals surface area contributed by atoms with Crippen LogP contribution in [0.3, 0.4) is 0 Å². The van der Waals surface area contributed by atoms with Crippen molar-refractivity contribution in [2.75, 3.05) is 20.2 Å². The van der Waals surface area contributed by atoms with Gasteiger partial charge >= 0.3 is 0 Å². The summed E-state index contributed by atoms with van der Waals surface area (Å²) in [5.74, 6) is -2.33. The maximum atomic E-state index is 14.2. The molecule has 2 aromatic carbocycles. The molecule has 2 amide bonds. The number of piperidine rings is 1. The third kappa shape index (κ3) is 3.64. The molecule has 0 N–H and O–H groups in total. The second-order valence-electron chi connectivity index (χ2n) is 8.71. The van der Waals surface area contributed by atoms with Crippen LogP contribution in [-0.2, 0) is 9.53 Å². The van der Waals surface area contributed by atoms with Crippen molar-refractivity contribution in [1.82, 2.24) is 9.80 Å². The van der Waals surface area contributed by atoms with E-state index in [1.807, 2.05) is 0 Å². The SMILES string of the molecule is COc1ccc(F)c(C(=O)N2CCC3(CC2)O[C@@H]2CC[C@@H](c4cc(F)cc(F)c4)N2C3=O)c1. The van der Waals surface area contributed by atoms with Gasteiger partial charge in [-0.1, -0.05) is 0 Å².